The first-order valence-corrected chi connectivity index (χ1v) is 11.6. The number of benzene rings is 1. The second-order valence-electron chi connectivity index (χ2n) is 7.35. The van der Waals surface area contributed by atoms with Crippen molar-refractivity contribution in [1.82, 2.24) is 0 Å². The molecule has 0 amide bonds. The van der Waals surface area contributed by atoms with Gasteiger partial charge in [-0.15, -0.1) is 22.7 Å². The molecule has 0 bridgehead atoms. The number of rotatable bonds is 8. The number of hydrogen-bond donors (Lipinski definition) is 1. The van der Waals surface area contributed by atoms with Crippen molar-refractivity contribution in [3.05, 3.63) is 62.1 Å². The lowest BCUT2D eigenvalue weighted by Gasteiger charge is -2.03. The van der Waals surface area contributed by atoms with Gasteiger partial charge < -0.3 is 5.11 Å². The molecule has 156 valence electrons. The zero-order chi connectivity index (χ0) is 21.8. The van der Waals surface area contributed by atoms with Gasteiger partial charge in [0.15, 0.2) is 11.6 Å². The van der Waals surface area contributed by atoms with E-state index in [1.165, 1.54) is 22.7 Å². The van der Waals surface area contributed by atoms with Crippen LogP contribution >= 0.6 is 34.3 Å². The van der Waals surface area contributed by atoms with E-state index in [9.17, 15) is 14.7 Å². The van der Waals surface area contributed by atoms with E-state index in [4.69, 9.17) is 11.6 Å². The largest absolute Gasteiger partial charge is 0.506 e. The average molecular weight is 460 g/mol. The highest BCUT2D eigenvalue weighted by Crippen LogP contribution is 2.39. The highest BCUT2D eigenvalue weighted by molar-refractivity contribution is 7.16. The maximum Gasteiger partial charge on any atom is 0.194 e. The molecule has 2 heterocycles. The molecule has 0 aliphatic rings. The summed E-state index contributed by atoms with van der Waals surface area (Å²) in [7, 11) is 0. The van der Waals surface area contributed by atoms with Crippen LogP contribution in [-0.2, 0) is 0 Å². The smallest absolute Gasteiger partial charge is 0.194 e. The molecule has 7 heteroatoms. The molecule has 30 heavy (non-hydrogen) atoms. The summed E-state index contributed by atoms with van der Waals surface area (Å²) in [5.41, 5.74) is 2.01. The molecule has 1 aromatic carbocycles. The fourth-order valence-corrected chi connectivity index (χ4v) is 4.98. The van der Waals surface area contributed by atoms with Crippen molar-refractivity contribution in [1.29, 1.82) is 0 Å². The number of hydrogen-bond acceptors (Lipinski definition) is 6. The Morgan fingerprint density at radius 2 is 1.83 bits per heavy atom. The maximum absolute atomic E-state index is 12.5. The second-order valence-corrected chi connectivity index (χ2v) is 9.75. The van der Waals surface area contributed by atoms with E-state index in [-0.39, 0.29) is 29.8 Å². The number of carbonyl (C=O) groups excluding carboxylic acids is 2. The van der Waals surface area contributed by atoms with E-state index >= 15 is 0 Å². The minimum Gasteiger partial charge on any atom is -0.506 e. The molecule has 1 N–H and O–H groups in total. The summed E-state index contributed by atoms with van der Waals surface area (Å²) in [6.45, 7) is 5.72. The van der Waals surface area contributed by atoms with Crippen molar-refractivity contribution in [2.24, 2.45) is 10.9 Å². The van der Waals surface area contributed by atoms with Crippen molar-refractivity contribution < 1.29 is 14.7 Å². The van der Waals surface area contributed by atoms with Crippen LogP contribution in [-0.4, -0.2) is 28.9 Å². The highest BCUT2D eigenvalue weighted by atomic mass is 35.5. The minimum absolute atomic E-state index is 0.0358. The Kier molecular flexibility index (Phi) is 7.23. The summed E-state index contributed by atoms with van der Waals surface area (Å²) in [6, 6.07) is 10.7. The molecule has 0 spiro atoms. The SMILES string of the molecule is CC(=NCC(=O)c1ccc(C(=O)CC(C)C)s1)c1csc(-c2cccc(Cl)c2)c1O. The van der Waals surface area contributed by atoms with Crippen molar-refractivity contribution in [3.63, 3.8) is 0 Å². The Morgan fingerprint density at radius 3 is 2.50 bits per heavy atom. The van der Waals surface area contributed by atoms with E-state index in [2.05, 4.69) is 4.99 Å². The van der Waals surface area contributed by atoms with Crippen molar-refractivity contribution in [3.8, 4) is 16.2 Å². The van der Waals surface area contributed by atoms with E-state index in [0.717, 1.165) is 5.56 Å². The monoisotopic (exact) mass is 459 g/mol. The molecular weight excluding hydrogens is 438 g/mol. The number of halogens is 1. The minimum atomic E-state index is -0.146. The molecule has 0 fully saturated rings. The van der Waals surface area contributed by atoms with Crippen molar-refractivity contribution in [2.45, 2.75) is 27.2 Å². The lowest BCUT2D eigenvalue weighted by molar-refractivity contribution is 0.0970. The third kappa shape index (κ3) is 5.25. The van der Waals surface area contributed by atoms with Gasteiger partial charge in [-0.25, -0.2) is 0 Å². The standard InChI is InChI=1S/C23H22ClNO3S2/c1-13(2)9-18(26)20-7-8-21(30-20)19(27)11-25-14(3)17-12-29-23(22(17)28)15-5-4-6-16(24)10-15/h4-8,10,12-13,28H,9,11H2,1-3H3. The van der Waals surface area contributed by atoms with Gasteiger partial charge in [0.25, 0.3) is 0 Å². The molecule has 0 unspecified atom stereocenters. The number of carbonyl (C=O) groups is 2. The third-order valence-electron chi connectivity index (χ3n) is 4.45. The molecule has 4 nitrogen and oxygen atoms in total. The van der Waals surface area contributed by atoms with Gasteiger partial charge in [0.05, 0.1) is 14.6 Å². The zero-order valence-electron chi connectivity index (χ0n) is 16.9. The molecule has 0 aliphatic carbocycles. The van der Waals surface area contributed by atoms with Crippen molar-refractivity contribution >= 4 is 51.6 Å². The quantitative estimate of drug-likeness (QED) is 0.299. The molecule has 0 saturated carbocycles. The number of ketones is 2. The van der Waals surface area contributed by atoms with Crippen LogP contribution in [0.2, 0.25) is 5.02 Å². The van der Waals surface area contributed by atoms with Crippen LogP contribution in [0.5, 0.6) is 5.75 Å². The fourth-order valence-electron chi connectivity index (χ4n) is 2.91. The number of aliphatic imine (C=N–C) groups is 1. The van der Waals surface area contributed by atoms with Crippen LogP contribution in [0, 0.1) is 5.92 Å². The molecular formula is C23H22ClNO3S2. The normalized spacial score (nSPS) is 11.8. The number of nitrogens with zero attached hydrogens (tertiary/aromatic N) is 1. The van der Waals surface area contributed by atoms with Crippen LogP contribution in [0.4, 0.5) is 0 Å². The van der Waals surface area contributed by atoms with Gasteiger partial charge in [0.1, 0.15) is 12.3 Å². The fraction of sp³-hybridized carbons (Fsp3) is 0.261. The van der Waals surface area contributed by atoms with Gasteiger partial charge in [-0.1, -0.05) is 37.6 Å². The third-order valence-corrected chi connectivity index (χ3v) is 6.87. The lowest BCUT2D eigenvalue weighted by atomic mass is 10.1. The summed E-state index contributed by atoms with van der Waals surface area (Å²) in [5, 5.41) is 13.0. The molecule has 3 rings (SSSR count). The predicted octanol–water partition coefficient (Wildman–Crippen LogP) is 6.76. The maximum atomic E-state index is 12.5. The first-order valence-electron chi connectivity index (χ1n) is 9.50. The Hall–Kier alpha value is -2.28. The van der Waals surface area contributed by atoms with E-state index < -0.39 is 0 Å². The zero-order valence-corrected chi connectivity index (χ0v) is 19.3. The summed E-state index contributed by atoms with van der Waals surface area (Å²) in [4.78, 5) is 30.9. The Balaban J connectivity index is 1.72. The Morgan fingerprint density at radius 1 is 1.13 bits per heavy atom. The number of Topliss-reactive ketones (excluding diaryl/α,β-unsaturated/α-hetero) is 2. The van der Waals surface area contributed by atoms with Crippen molar-refractivity contribution in [2.75, 3.05) is 6.54 Å². The molecule has 3 aromatic rings. The van der Waals surface area contributed by atoms with E-state index in [0.29, 0.717) is 37.4 Å². The van der Waals surface area contributed by atoms with Gasteiger partial charge in [-0.3, -0.25) is 14.6 Å². The average Bonchev–Trinajstić information content (AvgIpc) is 3.32. The van der Waals surface area contributed by atoms with Crippen LogP contribution in [0.25, 0.3) is 10.4 Å². The Bertz CT molecular complexity index is 1110. The van der Waals surface area contributed by atoms with E-state index in [1.54, 1.807) is 31.2 Å². The topological polar surface area (TPSA) is 66.7 Å². The predicted molar refractivity (Wildman–Crippen MR) is 126 cm³/mol. The van der Waals surface area contributed by atoms with E-state index in [1.807, 2.05) is 31.4 Å². The molecule has 0 aliphatic heterocycles. The van der Waals surface area contributed by atoms with Gasteiger partial charge in [0, 0.05) is 28.1 Å². The number of aromatic hydroxyl groups is 1. The second kappa shape index (κ2) is 9.69. The van der Waals surface area contributed by atoms with Crippen LogP contribution in [0.3, 0.4) is 0 Å². The van der Waals surface area contributed by atoms with Gasteiger partial charge >= 0.3 is 0 Å². The molecule has 0 saturated heterocycles. The summed E-state index contributed by atoms with van der Waals surface area (Å²) in [5.74, 6) is 0.327. The summed E-state index contributed by atoms with van der Waals surface area (Å²) in [6.07, 6.45) is 0.470. The van der Waals surface area contributed by atoms with Gasteiger partial charge in [-0.2, -0.15) is 0 Å². The van der Waals surface area contributed by atoms with Crippen LogP contribution in [0.15, 0.2) is 46.8 Å². The molecule has 0 atom stereocenters. The lowest BCUT2D eigenvalue weighted by Crippen LogP contribution is -2.04. The van der Waals surface area contributed by atoms with Crippen LogP contribution < -0.4 is 0 Å². The van der Waals surface area contributed by atoms with Gasteiger partial charge in [-0.05, 0) is 42.7 Å². The first-order chi connectivity index (χ1) is 14.3. The van der Waals surface area contributed by atoms with Gasteiger partial charge in [0.2, 0.25) is 0 Å². The first kappa shape index (κ1) is 22.4. The summed E-state index contributed by atoms with van der Waals surface area (Å²) < 4.78 is 0. The molecule has 2 aromatic heterocycles. The molecule has 0 radical (unpaired) electrons. The summed E-state index contributed by atoms with van der Waals surface area (Å²) >= 11 is 8.66. The Labute approximate surface area is 188 Å². The van der Waals surface area contributed by atoms with Crippen LogP contribution in [0.1, 0.15) is 52.1 Å². The number of thiophene rings is 2. The highest BCUT2D eigenvalue weighted by Gasteiger charge is 2.17.